The molecule has 1 N–H and O–H groups in total. The van der Waals surface area contributed by atoms with Crippen LogP contribution >= 0.6 is 11.3 Å². The molecule has 1 aliphatic heterocycles. The van der Waals surface area contributed by atoms with E-state index >= 15 is 0 Å². The lowest BCUT2D eigenvalue weighted by Gasteiger charge is -2.23. The van der Waals surface area contributed by atoms with Crippen molar-refractivity contribution >= 4 is 54.9 Å². The number of amides is 1. The monoisotopic (exact) mass is 470 g/mol. The number of benzene rings is 2. The third-order valence-electron chi connectivity index (χ3n) is 5.74. The van der Waals surface area contributed by atoms with Crippen LogP contribution in [0.3, 0.4) is 0 Å². The minimum absolute atomic E-state index is 0.260. The van der Waals surface area contributed by atoms with Crippen LogP contribution < -0.4 is 10.1 Å². The molecule has 0 aliphatic carbocycles. The van der Waals surface area contributed by atoms with Crippen LogP contribution in [0.2, 0.25) is 0 Å². The number of hydrogen-bond donors (Lipinski definition) is 1. The molecule has 1 aliphatic rings. The molecule has 1 saturated heterocycles. The Morgan fingerprint density at radius 2 is 1.97 bits per heavy atom. The van der Waals surface area contributed by atoms with E-state index in [0.717, 1.165) is 21.2 Å². The van der Waals surface area contributed by atoms with Gasteiger partial charge in [0.25, 0.3) is 10.0 Å². The Balaban J connectivity index is 1.46. The molecule has 9 heteroatoms. The first-order valence-corrected chi connectivity index (χ1v) is 12.5. The molecule has 166 valence electrons. The van der Waals surface area contributed by atoms with E-state index in [9.17, 15) is 13.2 Å². The zero-order valence-corrected chi connectivity index (χ0v) is 19.3. The largest absolute Gasteiger partial charge is 0.495 e. The van der Waals surface area contributed by atoms with Gasteiger partial charge < -0.3 is 14.5 Å². The van der Waals surface area contributed by atoms with Crippen LogP contribution in [-0.2, 0) is 14.8 Å². The fourth-order valence-corrected chi connectivity index (χ4v) is 7.26. The first-order chi connectivity index (χ1) is 15.4. The molecule has 2 aromatic heterocycles. The van der Waals surface area contributed by atoms with Crippen molar-refractivity contribution in [3.63, 3.8) is 0 Å². The van der Waals surface area contributed by atoms with Crippen molar-refractivity contribution in [1.82, 2.24) is 4.31 Å². The lowest BCUT2D eigenvalue weighted by molar-refractivity contribution is -0.119. The van der Waals surface area contributed by atoms with Gasteiger partial charge in [0.2, 0.25) is 5.91 Å². The summed E-state index contributed by atoms with van der Waals surface area (Å²) in [5.74, 6) is 0.104. The SMILES string of the molecule is COc1cc2c(cc1NC(=O)C1CCCN1S(=O)(=O)c1ccc(C)s1)oc1ccccc12. The number of fused-ring (bicyclic) bond motifs is 3. The number of carbonyl (C=O) groups excluding carboxylic acids is 1. The second-order valence-corrected chi connectivity index (χ2v) is 11.2. The summed E-state index contributed by atoms with van der Waals surface area (Å²) in [5.41, 5.74) is 1.81. The van der Waals surface area contributed by atoms with Crippen molar-refractivity contribution in [2.75, 3.05) is 19.0 Å². The maximum Gasteiger partial charge on any atom is 0.253 e. The van der Waals surface area contributed by atoms with E-state index in [0.29, 0.717) is 36.4 Å². The number of para-hydroxylation sites is 1. The number of rotatable bonds is 5. The summed E-state index contributed by atoms with van der Waals surface area (Å²) in [6.07, 6.45) is 1.09. The molecule has 5 rings (SSSR count). The molecule has 32 heavy (non-hydrogen) atoms. The van der Waals surface area contributed by atoms with Crippen LogP contribution in [0, 0.1) is 6.92 Å². The second kappa shape index (κ2) is 7.91. The molecular formula is C23H22N2O5S2. The van der Waals surface area contributed by atoms with Gasteiger partial charge in [0, 0.05) is 28.3 Å². The average Bonchev–Trinajstić information content (AvgIpc) is 3.51. The molecule has 1 amide bonds. The summed E-state index contributed by atoms with van der Waals surface area (Å²) in [6.45, 7) is 2.18. The molecule has 2 aromatic carbocycles. The highest BCUT2D eigenvalue weighted by atomic mass is 32.2. The summed E-state index contributed by atoms with van der Waals surface area (Å²) in [6, 6.07) is 13.8. The molecule has 4 aromatic rings. The van der Waals surface area contributed by atoms with Crippen LogP contribution in [0.25, 0.3) is 21.9 Å². The molecule has 0 radical (unpaired) electrons. The third-order valence-corrected chi connectivity index (χ3v) is 9.12. The number of nitrogens with one attached hydrogen (secondary N) is 1. The Kier molecular flexibility index (Phi) is 5.19. The number of thiophene rings is 1. The van der Waals surface area contributed by atoms with Crippen molar-refractivity contribution in [2.24, 2.45) is 0 Å². The van der Waals surface area contributed by atoms with Gasteiger partial charge in [0.15, 0.2) is 0 Å². The van der Waals surface area contributed by atoms with Crippen molar-refractivity contribution in [2.45, 2.75) is 30.0 Å². The predicted molar refractivity (Wildman–Crippen MR) is 125 cm³/mol. The maximum atomic E-state index is 13.2. The molecule has 7 nitrogen and oxygen atoms in total. The number of hydrogen-bond acceptors (Lipinski definition) is 6. The molecular weight excluding hydrogens is 448 g/mol. The van der Waals surface area contributed by atoms with Crippen LogP contribution in [0.15, 0.2) is 57.2 Å². The van der Waals surface area contributed by atoms with E-state index in [1.54, 1.807) is 18.2 Å². The van der Waals surface area contributed by atoms with Crippen LogP contribution in [0.1, 0.15) is 17.7 Å². The summed E-state index contributed by atoms with van der Waals surface area (Å²) in [5, 5.41) is 4.71. The summed E-state index contributed by atoms with van der Waals surface area (Å²) >= 11 is 1.21. The molecule has 1 unspecified atom stereocenters. The van der Waals surface area contributed by atoms with Gasteiger partial charge in [-0.25, -0.2) is 8.42 Å². The predicted octanol–water partition coefficient (Wildman–Crippen LogP) is 4.76. The maximum absolute atomic E-state index is 13.2. The minimum Gasteiger partial charge on any atom is -0.495 e. The second-order valence-electron chi connectivity index (χ2n) is 7.77. The molecule has 0 bridgehead atoms. The van der Waals surface area contributed by atoms with E-state index in [2.05, 4.69) is 5.32 Å². The van der Waals surface area contributed by atoms with Crippen LogP contribution in [0.4, 0.5) is 5.69 Å². The number of furan rings is 1. The van der Waals surface area contributed by atoms with E-state index in [4.69, 9.17) is 9.15 Å². The number of aryl methyl sites for hydroxylation is 1. The van der Waals surface area contributed by atoms with Crippen LogP contribution in [0.5, 0.6) is 5.75 Å². The van der Waals surface area contributed by atoms with Crippen molar-refractivity contribution in [3.8, 4) is 5.75 Å². The van der Waals surface area contributed by atoms with Gasteiger partial charge in [-0.1, -0.05) is 18.2 Å². The number of ether oxygens (including phenoxy) is 1. The van der Waals surface area contributed by atoms with Gasteiger partial charge >= 0.3 is 0 Å². The molecule has 1 fully saturated rings. The van der Waals surface area contributed by atoms with E-state index in [1.165, 1.54) is 22.8 Å². The van der Waals surface area contributed by atoms with Gasteiger partial charge in [-0.05, 0) is 44.0 Å². The summed E-state index contributed by atoms with van der Waals surface area (Å²) < 4.78 is 39.3. The lowest BCUT2D eigenvalue weighted by Crippen LogP contribution is -2.42. The van der Waals surface area contributed by atoms with Gasteiger partial charge in [-0.3, -0.25) is 4.79 Å². The highest BCUT2D eigenvalue weighted by molar-refractivity contribution is 7.91. The lowest BCUT2D eigenvalue weighted by atomic mass is 10.1. The zero-order chi connectivity index (χ0) is 22.5. The minimum atomic E-state index is -3.73. The molecule has 3 heterocycles. The normalized spacial score (nSPS) is 17.2. The number of carbonyl (C=O) groups is 1. The molecule has 1 atom stereocenters. The number of nitrogens with zero attached hydrogens (tertiary/aromatic N) is 1. The number of anilines is 1. The smallest absolute Gasteiger partial charge is 0.253 e. The Morgan fingerprint density at radius 1 is 1.16 bits per heavy atom. The van der Waals surface area contributed by atoms with Gasteiger partial charge in [-0.15, -0.1) is 11.3 Å². The summed E-state index contributed by atoms with van der Waals surface area (Å²) in [7, 11) is -2.20. The topological polar surface area (TPSA) is 88.9 Å². The van der Waals surface area contributed by atoms with Gasteiger partial charge in [-0.2, -0.15) is 4.31 Å². The molecule has 0 spiro atoms. The Labute approximate surface area is 189 Å². The fourth-order valence-electron chi connectivity index (χ4n) is 4.19. The Morgan fingerprint density at radius 3 is 2.72 bits per heavy atom. The van der Waals surface area contributed by atoms with E-state index < -0.39 is 16.1 Å². The van der Waals surface area contributed by atoms with Gasteiger partial charge in [0.1, 0.15) is 27.2 Å². The fraction of sp³-hybridized carbons (Fsp3) is 0.261. The highest BCUT2D eigenvalue weighted by Crippen LogP contribution is 2.37. The van der Waals surface area contributed by atoms with Crippen LogP contribution in [-0.4, -0.2) is 38.3 Å². The number of sulfonamides is 1. The Hall–Kier alpha value is -2.88. The molecule has 0 saturated carbocycles. The highest BCUT2D eigenvalue weighted by Gasteiger charge is 2.40. The standard InChI is InChI=1S/C23H22N2O5S2/c1-14-9-10-22(31-14)32(27,28)25-11-5-7-18(25)23(26)24-17-13-20-16(12-21(17)29-2)15-6-3-4-8-19(15)30-20/h3-4,6,8-10,12-13,18H,5,7,11H2,1-2H3,(H,24,26). The van der Waals surface area contributed by atoms with Crippen molar-refractivity contribution in [3.05, 3.63) is 53.4 Å². The Bertz CT molecular complexity index is 1440. The van der Waals surface area contributed by atoms with Crippen molar-refractivity contribution in [1.29, 1.82) is 0 Å². The van der Waals surface area contributed by atoms with Gasteiger partial charge in [0.05, 0.1) is 12.8 Å². The zero-order valence-electron chi connectivity index (χ0n) is 17.6. The first kappa shape index (κ1) is 21.0. The third kappa shape index (κ3) is 3.46. The van der Waals surface area contributed by atoms with E-state index in [1.807, 2.05) is 37.3 Å². The quantitative estimate of drug-likeness (QED) is 0.454. The summed E-state index contributed by atoms with van der Waals surface area (Å²) in [4.78, 5) is 14.1. The van der Waals surface area contributed by atoms with E-state index in [-0.39, 0.29) is 10.1 Å². The number of methoxy groups -OCH3 is 1. The first-order valence-electron chi connectivity index (χ1n) is 10.3. The van der Waals surface area contributed by atoms with Crippen molar-refractivity contribution < 1.29 is 22.4 Å². The average molecular weight is 471 g/mol.